The number of hydrogen-bond donors (Lipinski definition) is 2. The molecule has 14 heavy (non-hydrogen) atoms. The number of nitrogens with zero attached hydrogens (tertiary/aromatic N) is 1. The van der Waals surface area contributed by atoms with Gasteiger partial charge in [0.1, 0.15) is 0 Å². The highest BCUT2D eigenvalue weighted by molar-refractivity contribution is 4.90. The molecule has 0 aromatic rings. The van der Waals surface area contributed by atoms with E-state index in [1.807, 2.05) is 0 Å². The first kappa shape index (κ1) is 10.4. The summed E-state index contributed by atoms with van der Waals surface area (Å²) in [4.78, 5) is 2.44. The number of aliphatic hydroxyl groups excluding tert-OH is 2. The minimum absolute atomic E-state index is 0.0894. The van der Waals surface area contributed by atoms with Crippen molar-refractivity contribution in [2.75, 3.05) is 13.2 Å². The zero-order valence-corrected chi connectivity index (χ0v) is 8.73. The van der Waals surface area contributed by atoms with E-state index in [2.05, 4.69) is 4.90 Å². The monoisotopic (exact) mass is 199 g/mol. The van der Waals surface area contributed by atoms with Crippen molar-refractivity contribution in [1.29, 1.82) is 0 Å². The highest BCUT2D eigenvalue weighted by Crippen LogP contribution is 2.31. The van der Waals surface area contributed by atoms with Gasteiger partial charge in [0.15, 0.2) is 0 Å². The minimum atomic E-state index is -0.532. The van der Waals surface area contributed by atoms with Gasteiger partial charge in [0, 0.05) is 12.1 Å². The third kappa shape index (κ3) is 1.95. The second-order valence-corrected chi connectivity index (χ2v) is 4.64. The van der Waals surface area contributed by atoms with Crippen molar-refractivity contribution in [3.8, 4) is 0 Å². The Balaban J connectivity index is 2.01. The Hall–Kier alpha value is -0.120. The van der Waals surface area contributed by atoms with Crippen LogP contribution in [0.4, 0.5) is 0 Å². The van der Waals surface area contributed by atoms with Crippen LogP contribution < -0.4 is 0 Å². The first-order valence-electron chi connectivity index (χ1n) is 5.87. The van der Waals surface area contributed by atoms with Crippen LogP contribution in [0.25, 0.3) is 0 Å². The van der Waals surface area contributed by atoms with Gasteiger partial charge < -0.3 is 10.2 Å². The third-order valence-electron chi connectivity index (χ3n) is 3.77. The summed E-state index contributed by atoms with van der Waals surface area (Å²) in [5.74, 6) is 0. The van der Waals surface area contributed by atoms with E-state index in [-0.39, 0.29) is 12.6 Å². The normalized spacial score (nSPS) is 36.4. The Kier molecular flexibility index (Phi) is 3.42. The maximum absolute atomic E-state index is 9.73. The molecular weight excluding hydrogens is 178 g/mol. The Morgan fingerprint density at radius 2 is 1.93 bits per heavy atom. The van der Waals surface area contributed by atoms with Crippen LogP contribution in [0.3, 0.4) is 0 Å². The summed E-state index contributed by atoms with van der Waals surface area (Å²) < 4.78 is 0. The Labute approximate surface area is 85.7 Å². The van der Waals surface area contributed by atoms with Crippen LogP contribution in [0.5, 0.6) is 0 Å². The molecule has 3 nitrogen and oxygen atoms in total. The van der Waals surface area contributed by atoms with Gasteiger partial charge in [0.2, 0.25) is 0 Å². The standard InChI is InChI=1S/C11H21NO2/c13-8-11(14)10-6-3-5-9-4-1-2-7-12(9)10/h9-11,13-14H,1-8H2/t9-,10+,11-/m1/s1. The van der Waals surface area contributed by atoms with E-state index in [9.17, 15) is 5.11 Å². The number of piperidine rings is 2. The van der Waals surface area contributed by atoms with Gasteiger partial charge in [-0.25, -0.2) is 0 Å². The second kappa shape index (κ2) is 4.60. The minimum Gasteiger partial charge on any atom is -0.394 e. The van der Waals surface area contributed by atoms with Crippen LogP contribution in [0.15, 0.2) is 0 Å². The number of fused-ring (bicyclic) bond motifs is 1. The Morgan fingerprint density at radius 3 is 2.71 bits per heavy atom. The number of hydrogen-bond acceptors (Lipinski definition) is 3. The fraction of sp³-hybridized carbons (Fsp3) is 1.00. The van der Waals surface area contributed by atoms with Crippen molar-refractivity contribution >= 4 is 0 Å². The number of rotatable bonds is 2. The van der Waals surface area contributed by atoms with Gasteiger partial charge in [-0.05, 0) is 32.2 Å². The van der Waals surface area contributed by atoms with Crippen molar-refractivity contribution in [2.45, 2.75) is 56.7 Å². The summed E-state index contributed by atoms with van der Waals surface area (Å²) in [6.45, 7) is 1.03. The summed E-state index contributed by atoms with van der Waals surface area (Å²) in [5.41, 5.74) is 0. The molecule has 2 fully saturated rings. The molecule has 2 saturated heterocycles. The van der Waals surface area contributed by atoms with E-state index in [0.717, 1.165) is 13.0 Å². The molecule has 2 N–H and O–H groups in total. The molecule has 2 rings (SSSR count). The molecule has 0 amide bonds. The highest BCUT2D eigenvalue weighted by Gasteiger charge is 2.35. The molecule has 0 radical (unpaired) electrons. The molecule has 3 atom stereocenters. The van der Waals surface area contributed by atoms with Gasteiger partial charge in [-0.15, -0.1) is 0 Å². The third-order valence-corrected chi connectivity index (χ3v) is 3.77. The molecule has 2 heterocycles. The predicted octanol–water partition coefficient (Wildman–Crippen LogP) is 0.747. The topological polar surface area (TPSA) is 43.7 Å². The van der Waals surface area contributed by atoms with E-state index in [0.29, 0.717) is 6.04 Å². The molecule has 0 unspecified atom stereocenters. The zero-order valence-electron chi connectivity index (χ0n) is 8.73. The van der Waals surface area contributed by atoms with E-state index in [1.165, 1.54) is 32.1 Å². The first-order valence-corrected chi connectivity index (χ1v) is 5.87. The van der Waals surface area contributed by atoms with Gasteiger partial charge in [-0.2, -0.15) is 0 Å². The first-order chi connectivity index (χ1) is 6.83. The van der Waals surface area contributed by atoms with Gasteiger partial charge in [-0.1, -0.05) is 12.8 Å². The van der Waals surface area contributed by atoms with E-state index >= 15 is 0 Å². The predicted molar refractivity (Wildman–Crippen MR) is 55.1 cm³/mol. The number of aliphatic hydroxyl groups is 2. The second-order valence-electron chi connectivity index (χ2n) is 4.64. The summed E-state index contributed by atoms with van der Waals surface area (Å²) in [5, 5.41) is 18.7. The van der Waals surface area contributed by atoms with Crippen LogP contribution in [-0.4, -0.2) is 46.5 Å². The average Bonchev–Trinajstić information content (AvgIpc) is 2.27. The smallest absolute Gasteiger partial charge is 0.0925 e. The van der Waals surface area contributed by atoms with Crippen LogP contribution in [0.1, 0.15) is 38.5 Å². The lowest BCUT2D eigenvalue weighted by Crippen LogP contribution is -2.54. The van der Waals surface area contributed by atoms with Gasteiger partial charge in [0.05, 0.1) is 12.7 Å². The summed E-state index contributed by atoms with van der Waals surface area (Å²) >= 11 is 0. The lowest BCUT2D eigenvalue weighted by molar-refractivity contribution is -0.0405. The van der Waals surface area contributed by atoms with Crippen molar-refractivity contribution in [1.82, 2.24) is 4.90 Å². The van der Waals surface area contributed by atoms with E-state index < -0.39 is 6.10 Å². The molecule has 3 heteroatoms. The van der Waals surface area contributed by atoms with Crippen LogP contribution >= 0.6 is 0 Å². The molecular formula is C11H21NO2. The van der Waals surface area contributed by atoms with Crippen molar-refractivity contribution in [2.24, 2.45) is 0 Å². The fourth-order valence-electron chi connectivity index (χ4n) is 3.03. The quantitative estimate of drug-likeness (QED) is 0.689. The van der Waals surface area contributed by atoms with Crippen LogP contribution in [0.2, 0.25) is 0 Å². The molecule has 2 aliphatic rings. The Morgan fingerprint density at radius 1 is 1.14 bits per heavy atom. The zero-order chi connectivity index (χ0) is 9.97. The van der Waals surface area contributed by atoms with Gasteiger partial charge in [-0.3, -0.25) is 4.90 Å². The molecule has 0 aliphatic carbocycles. The van der Waals surface area contributed by atoms with Gasteiger partial charge >= 0.3 is 0 Å². The Bertz CT molecular complexity index is 182. The van der Waals surface area contributed by atoms with Crippen molar-refractivity contribution < 1.29 is 10.2 Å². The molecule has 2 aliphatic heterocycles. The molecule has 0 aromatic heterocycles. The lowest BCUT2D eigenvalue weighted by atomic mass is 9.87. The largest absolute Gasteiger partial charge is 0.394 e. The van der Waals surface area contributed by atoms with Crippen LogP contribution in [0, 0.1) is 0 Å². The SMILES string of the molecule is OC[C@@H](O)[C@@H]1CCC[C@H]2CCCCN21. The maximum Gasteiger partial charge on any atom is 0.0925 e. The average molecular weight is 199 g/mol. The van der Waals surface area contributed by atoms with Gasteiger partial charge in [0.25, 0.3) is 0 Å². The lowest BCUT2D eigenvalue weighted by Gasteiger charge is -2.46. The van der Waals surface area contributed by atoms with Crippen molar-refractivity contribution in [3.05, 3.63) is 0 Å². The van der Waals surface area contributed by atoms with Crippen molar-refractivity contribution in [3.63, 3.8) is 0 Å². The maximum atomic E-state index is 9.73. The van der Waals surface area contributed by atoms with Crippen LogP contribution in [-0.2, 0) is 0 Å². The molecule has 82 valence electrons. The van der Waals surface area contributed by atoms with E-state index in [1.54, 1.807) is 0 Å². The highest BCUT2D eigenvalue weighted by atomic mass is 16.3. The summed E-state index contributed by atoms with van der Waals surface area (Å²) in [6, 6.07) is 0.905. The summed E-state index contributed by atoms with van der Waals surface area (Å²) in [6.07, 6.45) is 6.90. The fourth-order valence-corrected chi connectivity index (χ4v) is 3.03. The molecule has 0 aromatic carbocycles. The molecule has 0 bridgehead atoms. The van der Waals surface area contributed by atoms with E-state index in [4.69, 9.17) is 5.11 Å². The molecule has 0 saturated carbocycles. The summed E-state index contributed by atoms with van der Waals surface area (Å²) in [7, 11) is 0. The molecule has 0 spiro atoms.